The quantitative estimate of drug-likeness (QED) is 0.629. The van der Waals surface area contributed by atoms with Crippen molar-refractivity contribution in [3.8, 4) is 0 Å². The summed E-state index contributed by atoms with van der Waals surface area (Å²) in [6.07, 6.45) is -2.33. The summed E-state index contributed by atoms with van der Waals surface area (Å²) in [5.41, 5.74) is 4.32. The van der Waals surface area contributed by atoms with Gasteiger partial charge in [0.15, 0.2) is 0 Å². The third kappa shape index (κ3) is 1.41. The highest BCUT2D eigenvalue weighted by molar-refractivity contribution is 5.81. The number of nitrogens with two attached hydrogens (primary N) is 1. The van der Waals surface area contributed by atoms with Crippen molar-refractivity contribution >= 4 is 5.97 Å². The van der Waals surface area contributed by atoms with E-state index in [2.05, 4.69) is 4.74 Å². The molecule has 0 bridgehead atoms. The van der Waals surface area contributed by atoms with Gasteiger partial charge in [-0.3, -0.25) is 4.79 Å². The van der Waals surface area contributed by atoms with E-state index in [0.29, 0.717) is 0 Å². The summed E-state index contributed by atoms with van der Waals surface area (Å²) in [7, 11) is 1.20. The molecule has 1 aliphatic carbocycles. The molecule has 1 aliphatic rings. The first kappa shape index (κ1) is 9.38. The molecule has 0 spiro atoms. The third-order valence-corrected chi connectivity index (χ3v) is 2.20. The molecule has 0 radical (unpaired) electrons. The molecule has 3 nitrogen and oxygen atoms in total. The maximum absolute atomic E-state index is 12.0. The predicted molar refractivity (Wildman–Crippen MR) is 37.7 cm³/mol. The van der Waals surface area contributed by atoms with Crippen LogP contribution in [0.2, 0.25) is 0 Å². The van der Waals surface area contributed by atoms with Gasteiger partial charge in [-0.1, -0.05) is 0 Å². The van der Waals surface area contributed by atoms with Gasteiger partial charge >= 0.3 is 5.97 Å². The van der Waals surface area contributed by atoms with Crippen molar-refractivity contribution in [2.24, 2.45) is 11.7 Å². The Morgan fingerprint density at radius 1 is 1.67 bits per heavy atom. The Morgan fingerprint density at radius 2 is 2.17 bits per heavy atom. The molecule has 0 aromatic carbocycles. The number of hydrogen-bond donors (Lipinski definition) is 1. The van der Waals surface area contributed by atoms with Gasteiger partial charge in [0.2, 0.25) is 6.43 Å². The maximum atomic E-state index is 12.0. The van der Waals surface area contributed by atoms with E-state index in [9.17, 15) is 13.6 Å². The van der Waals surface area contributed by atoms with Crippen molar-refractivity contribution < 1.29 is 18.3 Å². The Morgan fingerprint density at radius 3 is 2.50 bits per heavy atom. The second kappa shape index (κ2) is 2.97. The fourth-order valence-corrected chi connectivity index (χ4v) is 1.42. The average molecular weight is 179 g/mol. The van der Waals surface area contributed by atoms with Crippen molar-refractivity contribution in [3.05, 3.63) is 0 Å². The smallest absolute Gasteiger partial charge is 0.325 e. The molecule has 1 fully saturated rings. The van der Waals surface area contributed by atoms with Gasteiger partial charge in [-0.2, -0.15) is 0 Å². The minimum absolute atomic E-state index is 0.0251. The van der Waals surface area contributed by atoms with E-state index in [1.807, 2.05) is 0 Å². The first-order valence-corrected chi connectivity index (χ1v) is 3.65. The molecule has 2 N–H and O–H groups in total. The van der Waals surface area contributed by atoms with Crippen LogP contribution in [-0.4, -0.2) is 25.0 Å². The number of hydrogen-bond acceptors (Lipinski definition) is 3. The van der Waals surface area contributed by atoms with Crippen molar-refractivity contribution in [2.75, 3.05) is 7.11 Å². The lowest BCUT2D eigenvalue weighted by atomic mass is 9.69. The van der Waals surface area contributed by atoms with E-state index < -0.39 is 23.9 Å². The fraction of sp³-hybridized carbons (Fsp3) is 0.857. The zero-order chi connectivity index (χ0) is 9.35. The highest BCUT2D eigenvalue weighted by Gasteiger charge is 2.51. The summed E-state index contributed by atoms with van der Waals surface area (Å²) in [5, 5.41) is 0. The van der Waals surface area contributed by atoms with Crippen molar-refractivity contribution in [2.45, 2.75) is 24.8 Å². The van der Waals surface area contributed by atoms with Gasteiger partial charge in [0.1, 0.15) is 5.54 Å². The van der Waals surface area contributed by atoms with Crippen molar-refractivity contribution in [1.29, 1.82) is 0 Å². The molecule has 0 aromatic rings. The number of esters is 1. The Hall–Kier alpha value is -0.710. The van der Waals surface area contributed by atoms with E-state index >= 15 is 0 Å². The monoisotopic (exact) mass is 179 g/mol. The van der Waals surface area contributed by atoms with Gasteiger partial charge in [0.05, 0.1) is 7.11 Å². The van der Waals surface area contributed by atoms with Crippen LogP contribution < -0.4 is 5.73 Å². The summed E-state index contributed by atoms with van der Waals surface area (Å²) in [6, 6.07) is 0. The van der Waals surface area contributed by atoms with Gasteiger partial charge < -0.3 is 10.5 Å². The van der Waals surface area contributed by atoms with E-state index in [4.69, 9.17) is 5.73 Å². The van der Waals surface area contributed by atoms with Gasteiger partial charge in [-0.15, -0.1) is 0 Å². The molecule has 1 rings (SSSR count). The summed E-state index contributed by atoms with van der Waals surface area (Å²) < 4.78 is 28.3. The molecule has 1 saturated carbocycles. The van der Waals surface area contributed by atoms with Crippen molar-refractivity contribution in [3.63, 3.8) is 0 Å². The lowest BCUT2D eigenvalue weighted by Crippen LogP contribution is -2.59. The molecule has 0 saturated heterocycles. The largest absolute Gasteiger partial charge is 0.468 e. The van der Waals surface area contributed by atoms with E-state index in [1.54, 1.807) is 0 Å². The number of ether oxygens (including phenoxy) is 1. The molecular formula is C7H11F2NO2. The van der Waals surface area contributed by atoms with Gasteiger partial charge in [0.25, 0.3) is 0 Å². The predicted octanol–water partition coefficient (Wildman–Crippen LogP) is 0.532. The number of halogens is 2. The molecule has 0 atom stereocenters. The molecule has 0 aliphatic heterocycles. The Kier molecular flexibility index (Phi) is 2.32. The second-order valence-corrected chi connectivity index (χ2v) is 3.15. The van der Waals surface area contributed by atoms with Crippen LogP contribution in [0, 0.1) is 5.92 Å². The van der Waals surface area contributed by atoms with Crippen LogP contribution in [-0.2, 0) is 9.53 Å². The Labute approximate surface area is 68.9 Å². The first-order valence-electron chi connectivity index (χ1n) is 3.65. The van der Waals surface area contributed by atoms with Crippen LogP contribution >= 0.6 is 0 Å². The zero-order valence-corrected chi connectivity index (χ0v) is 6.72. The Bertz CT molecular complexity index is 190. The molecular weight excluding hydrogens is 168 g/mol. The fourth-order valence-electron chi connectivity index (χ4n) is 1.42. The maximum Gasteiger partial charge on any atom is 0.325 e. The van der Waals surface area contributed by atoms with Crippen LogP contribution in [0.25, 0.3) is 0 Å². The van der Waals surface area contributed by atoms with Gasteiger partial charge in [-0.05, 0) is 12.8 Å². The summed E-state index contributed by atoms with van der Waals surface area (Å²) in [4.78, 5) is 10.9. The zero-order valence-electron chi connectivity index (χ0n) is 6.72. The van der Waals surface area contributed by atoms with Crippen LogP contribution in [0.3, 0.4) is 0 Å². The molecule has 5 heteroatoms. The number of carbonyl (C=O) groups excluding carboxylic acids is 1. The third-order valence-electron chi connectivity index (χ3n) is 2.20. The number of alkyl halides is 2. The standard InChI is InChI=1S/C7H11F2NO2/c1-12-6(11)7(10)2-4(3-7)5(8)9/h4-5H,2-3,10H2,1H3. The second-order valence-electron chi connectivity index (χ2n) is 3.15. The van der Waals surface area contributed by atoms with Crippen LogP contribution in [0.1, 0.15) is 12.8 Å². The van der Waals surface area contributed by atoms with E-state index in [-0.39, 0.29) is 12.8 Å². The normalized spacial score (nSPS) is 34.6. The molecule has 0 heterocycles. The molecule has 0 amide bonds. The van der Waals surface area contributed by atoms with Crippen LogP contribution in [0.4, 0.5) is 8.78 Å². The Balaban J connectivity index is 2.45. The van der Waals surface area contributed by atoms with Gasteiger partial charge in [0, 0.05) is 5.92 Å². The molecule has 0 unspecified atom stereocenters. The average Bonchev–Trinajstić information content (AvgIpc) is 1.96. The van der Waals surface area contributed by atoms with E-state index in [1.165, 1.54) is 7.11 Å². The molecule has 12 heavy (non-hydrogen) atoms. The SMILES string of the molecule is COC(=O)C1(N)CC(C(F)F)C1. The topological polar surface area (TPSA) is 52.3 Å². The lowest BCUT2D eigenvalue weighted by molar-refractivity contribution is -0.155. The minimum atomic E-state index is -2.38. The highest BCUT2D eigenvalue weighted by Crippen LogP contribution is 2.40. The number of rotatable bonds is 2. The summed E-state index contributed by atoms with van der Waals surface area (Å²) in [5.74, 6) is -1.34. The van der Waals surface area contributed by atoms with Crippen LogP contribution in [0.5, 0.6) is 0 Å². The summed E-state index contributed by atoms with van der Waals surface area (Å²) in [6.45, 7) is 0. The van der Waals surface area contributed by atoms with Crippen LogP contribution in [0.15, 0.2) is 0 Å². The summed E-state index contributed by atoms with van der Waals surface area (Å²) >= 11 is 0. The van der Waals surface area contributed by atoms with Crippen molar-refractivity contribution in [1.82, 2.24) is 0 Å². The number of carbonyl (C=O) groups is 1. The molecule has 70 valence electrons. The van der Waals surface area contributed by atoms with Gasteiger partial charge in [-0.25, -0.2) is 8.78 Å². The van der Waals surface area contributed by atoms with E-state index in [0.717, 1.165) is 0 Å². The minimum Gasteiger partial charge on any atom is -0.468 e. The molecule has 0 aromatic heterocycles. The lowest BCUT2D eigenvalue weighted by Gasteiger charge is -2.41. The highest BCUT2D eigenvalue weighted by atomic mass is 19.3. The first-order chi connectivity index (χ1) is 5.49. The number of methoxy groups -OCH3 is 1.